The maximum Gasteiger partial charge on any atom is 0.159 e. The number of aliphatic hydroxyl groups excluding tert-OH is 1. The van der Waals surface area contributed by atoms with E-state index in [2.05, 4.69) is 0 Å². The highest BCUT2D eigenvalue weighted by Gasteiger charge is 2.23. The molecule has 0 saturated heterocycles. The molecule has 3 nitrogen and oxygen atoms in total. The van der Waals surface area contributed by atoms with Gasteiger partial charge in [-0.15, -0.1) is 0 Å². The number of likely N-dealkylation sites (N-methyl/N-ethyl adjacent to an activating group) is 1. The van der Waals surface area contributed by atoms with E-state index in [1.165, 1.54) is 6.07 Å². The normalized spacial score (nSPS) is 15.2. The number of nitrogens with two attached hydrogens (primary N) is 1. The van der Waals surface area contributed by atoms with Gasteiger partial charge in [-0.25, -0.2) is 8.78 Å². The molecule has 0 bridgehead atoms. The topological polar surface area (TPSA) is 49.5 Å². The largest absolute Gasteiger partial charge is 0.390 e. The van der Waals surface area contributed by atoms with E-state index in [9.17, 15) is 13.9 Å². The Morgan fingerprint density at radius 1 is 1.31 bits per heavy atom. The van der Waals surface area contributed by atoms with Crippen LogP contribution in [0.3, 0.4) is 0 Å². The number of halogens is 2. The summed E-state index contributed by atoms with van der Waals surface area (Å²) in [5, 5.41) is 9.72. The molecule has 1 aromatic carbocycles. The van der Waals surface area contributed by atoms with Crippen molar-refractivity contribution in [3.8, 4) is 0 Å². The molecule has 0 saturated carbocycles. The van der Waals surface area contributed by atoms with Crippen LogP contribution in [0.5, 0.6) is 0 Å². The second-order valence-electron chi connectivity index (χ2n) is 3.89. The van der Waals surface area contributed by atoms with E-state index in [-0.39, 0.29) is 6.54 Å². The van der Waals surface area contributed by atoms with Crippen LogP contribution in [0, 0.1) is 11.6 Å². The molecule has 0 fully saturated rings. The van der Waals surface area contributed by atoms with Crippen molar-refractivity contribution < 1.29 is 13.9 Å². The first-order valence-electron chi connectivity index (χ1n) is 4.97. The molecule has 3 N–H and O–H groups in total. The van der Waals surface area contributed by atoms with Gasteiger partial charge in [-0.1, -0.05) is 6.07 Å². The lowest BCUT2D eigenvalue weighted by Gasteiger charge is -2.28. The van der Waals surface area contributed by atoms with E-state index < -0.39 is 23.8 Å². The van der Waals surface area contributed by atoms with Gasteiger partial charge in [0.1, 0.15) is 0 Å². The molecule has 1 rings (SSSR count). The standard InChI is InChI=1S/C11H16F2N2O/c1-15(2)11(10(16)6-14)7-3-4-8(12)9(13)5-7/h3-5,10-11,16H,6,14H2,1-2H3. The molecular formula is C11H16F2N2O. The molecule has 0 aliphatic carbocycles. The maximum absolute atomic E-state index is 13.1. The first-order chi connectivity index (χ1) is 7.47. The Hall–Kier alpha value is -1.04. The molecule has 0 aromatic heterocycles. The summed E-state index contributed by atoms with van der Waals surface area (Å²) in [6.07, 6.45) is -0.820. The Bertz CT molecular complexity index is 358. The van der Waals surface area contributed by atoms with Crippen LogP contribution in [0.4, 0.5) is 8.78 Å². The lowest BCUT2D eigenvalue weighted by atomic mass is 10.00. The average molecular weight is 230 g/mol. The zero-order valence-corrected chi connectivity index (χ0v) is 9.32. The molecule has 0 heterocycles. The first kappa shape index (κ1) is 13.0. The van der Waals surface area contributed by atoms with Crippen molar-refractivity contribution in [2.75, 3.05) is 20.6 Å². The Balaban J connectivity index is 3.06. The fraction of sp³-hybridized carbons (Fsp3) is 0.455. The molecule has 2 atom stereocenters. The van der Waals surface area contributed by atoms with Crippen LogP contribution < -0.4 is 5.73 Å². The van der Waals surface area contributed by atoms with Crippen molar-refractivity contribution in [2.45, 2.75) is 12.1 Å². The predicted molar refractivity (Wildman–Crippen MR) is 57.8 cm³/mol. The van der Waals surface area contributed by atoms with Crippen LogP contribution in [0.25, 0.3) is 0 Å². The van der Waals surface area contributed by atoms with Gasteiger partial charge in [0, 0.05) is 6.54 Å². The Morgan fingerprint density at radius 3 is 2.38 bits per heavy atom. The van der Waals surface area contributed by atoms with E-state index in [1.54, 1.807) is 19.0 Å². The molecule has 16 heavy (non-hydrogen) atoms. The van der Waals surface area contributed by atoms with Crippen molar-refractivity contribution in [1.29, 1.82) is 0 Å². The second-order valence-corrected chi connectivity index (χ2v) is 3.89. The first-order valence-corrected chi connectivity index (χ1v) is 4.97. The van der Waals surface area contributed by atoms with E-state index in [0.717, 1.165) is 12.1 Å². The van der Waals surface area contributed by atoms with Gasteiger partial charge in [0.15, 0.2) is 11.6 Å². The summed E-state index contributed by atoms with van der Waals surface area (Å²) in [5.41, 5.74) is 5.87. The third-order valence-electron chi connectivity index (χ3n) is 2.45. The number of rotatable bonds is 4. The van der Waals surface area contributed by atoms with Gasteiger partial charge in [-0.2, -0.15) is 0 Å². The van der Waals surface area contributed by atoms with Crippen molar-refractivity contribution >= 4 is 0 Å². The lowest BCUT2D eigenvalue weighted by Crippen LogP contribution is -2.36. The van der Waals surface area contributed by atoms with Crippen LogP contribution in [-0.4, -0.2) is 36.8 Å². The van der Waals surface area contributed by atoms with Crippen molar-refractivity contribution in [3.05, 3.63) is 35.4 Å². The molecule has 0 spiro atoms. The molecule has 5 heteroatoms. The smallest absolute Gasteiger partial charge is 0.159 e. The second kappa shape index (κ2) is 5.34. The van der Waals surface area contributed by atoms with Gasteiger partial charge >= 0.3 is 0 Å². The summed E-state index contributed by atoms with van der Waals surface area (Å²) in [6, 6.07) is 3.13. The van der Waals surface area contributed by atoms with Crippen LogP contribution in [0.2, 0.25) is 0 Å². The monoisotopic (exact) mass is 230 g/mol. The lowest BCUT2D eigenvalue weighted by molar-refractivity contribution is 0.0821. The fourth-order valence-electron chi connectivity index (χ4n) is 1.69. The number of hydrogen-bond acceptors (Lipinski definition) is 3. The summed E-state index contributed by atoms with van der Waals surface area (Å²) >= 11 is 0. The fourth-order valence-corrected chi connectivity index (χ4v) is 1.69. The third kappa shape index (κ3) is 2.75. The number of benzene rings is 1. The van der Waals surface area contributed by atoms with E-state index in [4.69, 9.17) is 5.73 Å². The highest BCUT2D eigenvalue weighted by atomic mass is 19.2. The summed E-state index contributed by atoms with van der Waals surface area (Å²) in [7, 11) is 3.48. The van der Waals surface area contributed by atoms with Crippen LogP contribution in [0.1, 0.15) is 11.6 Å². The zero-order valence-electron chi connectivity index (χ0n) is 9.32. The summed E-state index contributed by atoms with van der Waals surface area (Å²) in [6.45, 7) is 0.0574. The number of hydrogen-bond donors (Lipinski definition) is 2. The van der Waals surface area contributed by atoms with Crippen LogP contribution in [-0.2, 0) is 0 Å². The number of nitrogens with zero attached hydrogens (tertiary/aromatic N) is 1. The molecule has 2 unspecified atom stereocenters. The van der Waals surface area contributed by atoms with Gasteiger partial charge in [-0.3, -0.25) is 0 Å². The van der Waals surface area contributed by atoms with E-state index in [0.29, 0.717) is 5.56 Å². The summed E-state index contributed by atoms with van der Waals surface area (Å²) in [5.74, 6) is -1.82. The molecule has 0 radical (unpaired) electrons. The minimum Gasteiger partial charge on any atom is -0.390 e. The Labute approximate surface area is 93.5 Å². The third-order valence-corrected chi connectivity index (χ3v) is 2.45. The Kier molecular flexibility index (Phi) is 4.35. The van der Waals surface area contributed by atoms with Gasteiger partial charge in [0.05, 0.1) is 12.1 Å². The molecule has 90 valence electrons. The SMILES string of the molecule is CN(C)C(c1ccc(F)c(F)c1)C(O)CN. The van der Waals surface area contributed by atoms with Crippen molar-refractivity contribution in [1.82, 2.24) is 4.90 Å². The van der Waals surface area contributed by atoms with Gasteiger partial charge < -0.3 is 15.7 Å². The molecule has 0 aliphatic rings. The quantitative estimate of drug-likeness (QED) is 0.807. The Morgan fingerprint density at radius 2 is 1.94 bits per heavy atom. The average Bonchev–Trinajstić information content (AvgIpc) is 2.22. The predicted octanol–water partition coefficient (Wildman–Crippen LogP) is 0.887. The highest BCUT2D eigenvalue weighted by Crippen LogP contribution is 2.23. The van der Waals surface area contributed by atoms with Crippen molar-refractivity contribution in [2.24, 2.45) is 5.73 Å². The summed E-state index contributed by atoms with van der Waals surface area (Å²) < 4.78 is 25.8. The summed E-state index contributed by atoms with van der Waals surface area (Å²) in [4.78, 5) is 1.71. The van der Waals surface area contributed by atoms with Crippen LogP contribution in [0.15, 0.2) is 18.2 Å². The molecule has 0 aliphatic heterocycles. The molecule has 0 amide bonds. The van der Waals surface area contributed by atoms with Gasteiger partial charge in [-0.05, 0) is 31.8 Å². The molecular weight excluding hydrogens is 214 g/mol. The van der Waals surface area contributed by atoms with Crippen molar-refractivity contribution in [3.63, 3.8) is 0 Å². The molecule has 1 aromatic rings. The zero-order chi connectivity index (χ0) is 12.3. The highest BCUT2D eigenvalue weighted by molar-refractivity contribution is 5.22. The van der Waals surface area contributed by atoms with Crippen LogP contribution >= 0.6 is 0 Å². The van der Waals surface area contributed by atoms with E-state index >= 15 is 0 Å². The minimum atomic E-state index is -0.923. The van der Waals surface area contributed by atoms with E-state index in [1.807, 2.05) is 0 Å². The van der Waals surface area contributed by atoms with Gasteiger partial charge in [0.25, 0.3) is 0 Å². The van der Waals surface area contributed by atoms with Gasteiger partial charge in [0.2, 0.25) is 0 Å². The minimum absolute atomic E-state index is 0.0574. The maximum atomic E-state index is 13.1. The number of aliphatic hydroxyl groups is 1.